The summed E-state index contributed by atoms with van der Waals surface area (Å²) in [7, 11) is 0. The van der Waals surface area contributed by atoms with Gasteiger partial charge in [-0.25, -0.2) is 0 Å². The van der Waals surface area contributed by atoms with Crippen LogP contribution in [-0.2, 0) is 4.79 Å². The number of halogens is 1. The molecule has 1 rings (SSSR count). The van der Waals surface area contributed by atoms with Gasteiger partial charge in [0.05, 0.1) is 17.1 Å². The normalized spacial score (nSPS) is 10.2. The van der Waals surface area contributed by atoms with Crippen molar-refractivity contribution in [2.45, 2.75) is 19.9 Å². The summed E-state index contributed by atoms with van der Waals surface area (Å²) in [5.41, 5.74) is 0.133. The Bertz CT molecular complexity index is 461. The number of carbonyl (C=O) groups excluding carboxylic acids is 2. The number of carbonyl (C=O) groups is 2. The van der Waals surface area contributed by atoms with Gasteiger partial charge in [0.2, 0.25) is 5.91 Å². The minimum absolute atomic E-state index is 0.0127. The maximum atomic E-state index is 11.7. The molecule has 0 aromatic heterocycles. The lowest BCUT2D eigenvalue weighted by atomic mass is 10.2. The number of phenolic OH excluding ortho intramolecular Hbond substituents is 1. The van der Waals surface area contributed by atoms with E-state index in [1.54, 1.807) is 0 Å². The largest absolute Gasteiger partial charge is 0.508 e. The van der Waals surface area contributed by atoms with E-state index in [1.807, 2.05) is 13.8 Å². The van der Waals surface area contributed by atoms with Crippen LogP contribution in [0.2, 0.25) is 5.02 Å². The first-order chi connectivity index (χ1) is 8.40. The first-order valence-electron chi connectivity index (χ1n) is 5.46. The average molecular weight is 271 g/mol. The van der Waals surface area contributed by atoms with Crippen LogP contribution in [-0.4, -0.2) is 29.5 Å². The highest BCUT2D eigenvalue weighted by molar-refractivity contribution is 6.33. The molecular weight excluding hydrogens is 256 g/mol. The third kappa shape index (κ3) is 4.25. The lowest BCUT2D eigenvalue weighted by Crippen LogP contribution is -2.39. The van der Waals surface area contributed by atoms with Crippen molar-refractivity contribution < 1.29 is 14.7 Å². The number of hydrogen-bond donors (Lipinski definition) is 3. The van der Waals surface area contributed by atoms with Gasteiger partial charge < -0.3 is 15.7 Å². The van der Waals surface area contributed by atoms with Gasteiger partial charge in [-0.05, 0) is 32.0 Å². The van der Waals surface area contributed by atoms with Crippen LogP contribution < -0.4 is 10.6 Å². The molecule has 0 unspecified atom stereocenters. The van der Waals surface area contributed by atoms with E-state index < -0.39 is 5.91 Å². The van der Waals surface area contributed by atoms with Gasteiger partial charge in [0.25, 0.3) is 5.91 Å². The molecular formula is C12H15ClN2O3. The van der Waals surface area contributed by atoms with Crippen LogP contribution in [0, 0.1) is 0 Å². The summed E-state index contributed by atoms with van der Waals surface area (Å²) < 4.78 is 0. The lowest BCUT2D eigenvalue weighted by Gasteiger charge is -2.10. The van der Waals surface area contributed by atoms with E-state index in [4.69, 9.17) is 11.6 Å². The predicted octanol–water partition coefficient (Wildman–Crippen LogP) is 1.30. The minimum atomic E-state index is -0.505. The van der Waals surface area contributed by atoms with E-state index in [0.717, 1.165) is 0 Å². The van der Waals surface area contributed by atoms with E-state index in [2.05, 4.69) is 10.6 Å². The van der Waals surface area contributed by atoms with Crippen LogP contribution in [0.3, 0.4) is 0 Å². The number of benzene rings is 1. The Morgan fingerprint density at radius 3 is 2.67 bits per heavy atom. The number of nitrogens with one attached hydrogen (secondary N) is 2. The fourth-order valence-electron chi connectivity index (χ4n) is 1.32. The van der Waals surface area contributed by atoms with Crippen molar-refractivity contribution in [2.75, 3.05) is 6.54 Å². The van der Waals surface area contributed by atoms with E-state index in [0.29, 0.717) is 0 Å². The van der Waals surface area contributed by atoms with Crippen molar-refractivity contribution >= 4 is 23.4 Å². The maximum Gasteiger partial charge on any atom is 0.253 e. The molecule has 0 radical (unpaired) electrons. The smallest absolute Gasteiger partial charge is 0.253 e. The van der Waals surface area contributed by atoms with Gasteiger partial charge in [0.15, 0.2) is 0 Å². The molecule has 0 aliphatic rings. The van der Waals surface area contributed by atoms with Crippen LogP contribution in [0.1, 0.15) is 24.2 Å². The molecule has 0 atom stereocenters. The van der Waals surface area contributed by atoms with Gasteiger partial charge in [-0.15, -0.1) is 0 Å². The summed E-state index contributed by atoms with van der Waals surface area (Å²) in [4.78, 5) is 23.1. The van der Waals surface area contributed by atoms with Crippen LogP contribution in [0.5, 0.6) is 5.75 Å². The molecule has 98 valence electrons. The quantitative estimate of drug-likeness (QED) is 0.772. The maximum absolute atomic E-state index is 11.7. The number of amides is 2. The molecule has 3 N–H and O–H groups in total. The van der Waals surface area contributed by atoms with Crippen LogP contribution in [0.25, 0.3) is 0 Å². The van der Waals surface area contributed by atoms with E-state index in [9.17, 15) is 14.7 Å². The summed E-state index contributed by atoms with van der Waals surface area (Å²) in [6.07, 6.45) is 0. The Hall–Kier alpha value is -1.75. The second-order valence-corrected chi connectivity index (χ2v) is 4.48. The van der Waals surface area contributed by atoms with Crippen LogP contribution in [0.15, 0.2) is 18.2 Å². The number of rotatable bonds is 4. The second kappa shape index (κ2) is 6.26. The highest BCUT2D eigenvalue weighted by Crippen LogP contribution is 2.20. The summed E-state index contributed by atoms with van der Waals surface area (Å²) in [6.45, 7) is 3.51. The summed E-state index contributed by atoms with van der Waals surface area (Å²) >= 11 is 5.82. The zero-order valence-corrected chi connectivity index (χ0v) is 10.9. The molecule has 0 aliphatic heterocycles. The molecule has 0 aliphatic carbocycles. The molecule has 1 aromatic rings. The third-order valence-corrected chi connectivity index (χ3v) is 2.38. The molecule has 5 nitrogen and oxygen atoms in total. The highest BCUT2D eigenvalue weighted by Gasteiger charge is 2.12. The molecule has 0 bridgehead atoms. The van der Waals surface area contributed by atoms with Gasteiger partial charge >= 0.3 is 0 Å². The first-order valence-corrected chi connectivity index (χ1v) is 5.84. The van der Waals surface area contributed by atoms with Crippen molar-refractivity contribution in [1.82, 2.24) is 10.6 Å². The minimum Gasteiger partial charge on any atom is -0.508 e. The molecule has 0 saturated heterocycles. The van der Waals surface area contributed by atoms with Gasteiger partial charge in [0, 0.05) is 6.04 Å². The molecule has 1 aromatic carbocycles. The fraction of sp³-hybridized carbons (Fsp3) is 0.333. The van der Waals surface area contributed by atoms with E-state index >= 15 is 0 Å². The predicted molar refractivity (Wildman–Crippen MR) is 68.7 cm³/mol. The Morgan fingerprint density at radius 1 is 1.39 bits per heavy atom. The van der Waals surface area contributed by atoms with Crippen molar-refractivity contribution in [2.24, 2.45) is 0 Å². The van der Waals surface area contributed by atoms with Crippen LogP contribution in [0.4, 0.5) is 0 Å². The molecule has 0 heterocycles. The molecule has 2 amide bonds. The third-order valence-electron chi connectivity index (χ3n) is 2.05. The Kier molecular flexibility index (Phi) is 4.97. The monoisotopic (exact) mass is 270 g/mol. The second-order valence-electron chi connectivity index (χ2n) is 4.07. The molecule has 0 saturated carbocycles. The lowest BCUT2D eigenvalue weighted by molar-refractivity contribution is -0.120. The number of aromatic hydroxyl groups is 1. The molecule has 0 fully saturated rings. The first kappa shape index (κ1) is 14.3. The molecule has 6 heteroatoms. The number of hydrogen-bond acceptors (Lipinski definition) is 3. The van der Waals surface area contributed by atoms with Gasteiger partial charge in [-0.2, -0.15) is 0 Å². The van der Waals surface area contributed by atoms with E-state index in [1.165, 1.54) is 18.2 Å². The Balaban J connectivity index is 2.60. The van der Waals surface area contributed by atoms with Crippen molar-refractivity contribution in [1.29, 1.82) is 0 Å². The van der Waals surface area contributed by atoms with Crippen molar-refractivity contribution in [3.63, 3.8) is 0 Å². The Morgan fingerprint density at radius 2 is 2.06 bits per heavy atom. The number of phenols is 1. The van der Waals surface area contributed by atoms with Crippen molar-refractivity contribution in [3.05, 3.63) is 28.8 Å². The highest BCUT2D eigenvalue weighted by atomic mass is 35.5. The van der Waals surface area contributed by atoms with Crippen LogP contribution >= 0.6 is 11.6 Å². The van der Waals surface area contributed by atoms with Crippen molar-refractivity contribution in [3.8, 4) is 5.75 Å². The fourth-order valence-corrected chi connectivity index (χ4v) is 1.52. The average Bonchev–Trinajstić information content (AvgIpc) is 2.28. The Labute approximate surface area is 110 Å². The summed E-state index contributed by atoms with van der Waals surface area (Å²) in [5, 5.41) is 14.5. The standard InChI is InChI=1S/C12H15ClN2O3/c1-7(2)15-11(17)6-14-12(18)9-5-8(16)3-4-10(9)13/h3-5,7,16H,6H2,1-2H3,(H,14,18)(H,15,17). The van der Waals surface area contributed by atoms with E-state index in [-0.39, 0.29) is 34.8 Å². The molecule has 18 heavy (non-hydrogen) atoms. The summed E-state index contributed by atoms with van der Waals surface area (Å²) in [6, 6.07) is 4.06. The molecule has 0 spiro atoms. The zero-order chi connectivity index (χ0) is 13.7. The SMILES string of the molecule is CC(C)NC(=O)CNC(=O)c1cc(O)ccc1Cl. The van der Waals surface area contributed by atoms with Gasteiger partial charge in [-0.1, -0.05) is 11.6 Å². The zero-order valence-electron chi connectivity index (χ0n) is 10.2. The van der Waals surface area contributed by atoms with Gasteiger partial charge in [0.1, 0.15) is 5.75 Å². The van der Waals surface area contributed by atoms with Gasteiger partial charge in [-0.3, -0.25) is 9.59 Å². The topological polar surface area (TPSA) is 78.4 Å². The summed E-state index contributed by atoms with van der Waals surface area (Å²) in [5.74, 6) is -0.847.